The Hall–Kier alpha value is -2.64. The average Bonchev–Trinajstić information content (AvgIpc) is 3.42. The van der Waals surface area contributed by atoms with Crippen LogP contribution in [0.25, 0.3) is 11.3 Å². The quantitative estimate of drug-likeness (QED) is 0.515. The van der Waals surface area contributed by atoms with Crippen molar-refractivity contribution in [2.24, 2.45) is 4.99 Å². The number of aromatic nitrogens is 1. The number of nitrogens with zero attached hydrogens (tertiary/aromatic N) is 4. The number of hydrogen-bond acceptors (Lipinski definition) is 5. The summed E-state index contributed by atoms with van der Waals surface area (Å²) in [6.07, 6.45) is 1.79. The zero-order chi connectivity index (χ0) is 20.1. The van der Waals surface area contributed by atoms with Crippen molar-refractivity contribution in [3.63, 3.8) is 0 Å². The van der Waals surface area contributed by atoms with Gasteiger partial charge in [-0.2, -0.15) is 0 Å². The van der Waals surface area contributed by atoms with Crippen LogP contribution in [0, 0.1) is 6.92 Å². The summed E-state index contributed by atoms with van der Waals surface area (Å²) in [5, 5.41) is 5.54. The molecule has 0 radical (unpaired) electrons. The highest BCUT2D eigenvalue weighted by atomic mass is 32.1. The Balaban J connectivity index is 1.28. The van der Waals surface area contributed by atoms with Crippen molar-refractivity contribution in [3.05, 3.63) is 64.3 Å². The molecule has 0 aliphatic carbocycles. The van der Waals surface area contributed by atoms with Crippen molar-refractivity contribution in [3.8, 4) is 11.3 Å². The molecule has 0 atom stereocenters. The largest absolute Gasteiger partial charge is 0.439 e. The molecule has 6 nitrogen and oxygen atoms in total. The number of hydrogen-bond donors (Lipinski definition) is 1. The van der Waals surface area contributed by atoms with Crippen LogP contribution in [-0.2, 0) is 13.1 Å². The highest BCUT2D eigenvalue weighted by Crippen LogP contribution is 2.20. The van der Waals surface area contributed by atoms with Crippen molar-refractivity contribution in [2.45, 2.75) is 20.0 Å². The van der Waals surface area contributed by atoms with Gasteiger partial charge in [-0.05, 0) is 18.4 Å². The summed E-state index contributed by atoms with van der Waals surface area (Å²) < 4.78 is 5.91. The summed E-state index contributed by atoms with van der Waals surface area (Å²) in [7, 11) is 1.83. The standard InChI is InChI=1S/C22H27N5OS/c1-17-5-7-18(8-6-17)20-14-24-21(28-20)15-25-22(23-2)27-11-9-26(10-12-27)16-19-4-3-13-29-19/h3-8,13-14H,9-12,15-16H2,1-2H3,(H,23,25). The topological polar surface area (TPSA) is 56.9 Å². The van der Waals surface area contributed by atoms with Crippen LogP contribution in [0.3, 0.4) is 0 Å². The predicted molar refractivity (Wildman–Crippen MR) is 118 cm³/mol. The SMILES string of the molecule is CN=C(NCc1ncc(-c2ccc(C)cc2)o1)N1CCN(Cc2cccs2)CC1. The lowest BCUT2D eigenvalue weighted by molar-refractivity contribution is 0.173. The van der Waals surface area contributed by atoms with Gasteiger partial charge in [0.15, 0.2) is 11.7 Å². The maximum Gasteiger partial charge on any atom is 0.214 e. The average molecular weight is 410 g/mol. The molecular weight excluding hydrogens is 382 g/mol. The molecule has 0 spiro atoms. The van der Waals surface area contributed by atoms with Gasteiger partial charge in [0, 0.05) is 50.2 Å². The molecule has 0 unspecified atom stereocenters. The highest BCUT2D eigenvalue weighted by Gasteiger charge is 2.20. The zero-order valence-corrected chi connectivity index (χ0v) is 17.8. The van der Waals surface area contributed by atoms with E-state index in [0.717, 1.165) is 50.0 Å². The van der Waals surface area contributed by atoms with E-state index in [0.29, 0.717) is 12.4 Å². The lowest BCUT2D eigenvalue weighted by Crippen LogP contribution is -2.52. The molecule has 29 heavy (non-hydrogen) atoms. The molecule has 1 saturated heterocycles. The third-order valence-corrected chi connectivity index (χ3v) is 5.99. The Bertz CT molecular complexity index is 925. The van der Waals surface area contributed by atoms with Gasteiger partial charge in [0.05, 0.1) is 12.7 Å². The highest BCUT2D eigenvalue weighted by molar-refractivity contribution is 7.09. The molecule has 1 aliphatic heterocycles. The third-order valence-electron chi connectivity index (χ3n) is 5.13. The number of oxazole rings is 1. The fourth-order valence-corrected chi connectivity index (χ4v) is 4.22. The zero-order valence-electron chi connectivity index (χ0n) is 17.0. The first-order chi connectivity index (χ1) is 14.2. The number of rotatable bonds is 5. The minimum absolute atomic E-state index is 0.522. The molecule has 1 aliphatic rings. The molecule has 3 heterocycles. The maximum atomic E-state index is 5.91. The van der Waals surface area contributed by atoms with E-state index >= 15 is 0 Å². The fraction of sp³-hybridized carbons (Fsp3) is 0.364. The lowest BCUT2D eigenvalue weighted by Gasteiger charge is -2.36. The van der Waals surface area contributed by atoms with Crippen LogP contribution < -0.4 is 5.32 Å². The second-order valence-electron chi connectivity index (χ2n) is 7.23. The summed E-state index contributed by atoms with van der Waals surface area (Å²) >= 11 is 1.83. The van der Waals surface area contributed by atoms with E-state index in [1.807, 2.05) is 18.4 Å². The molecule has 0 saturated carbocycles. The predicted octanol–water partition coefficient (Wildman–Crippen LogP) is 3.60. The van der Waals surface area contributed by atoms with Gasteiger partial charge < -0.3 is 14.6 Å². The van der Waals surface area contributed by atoms with Gasteiger partial charge in [-0.3, -0.25) is 9.89 Å². The molecule has 3 aromatic rings. The van der Waals surface area contributed by atoms with Gasteiger partial charge in [-0.15, -0.1) is 11.3 Å². The minimum atomic E-state index is 0.522. The molecule has 7 heteroatoms. The van der Waals surface area contributed by atoms with E-state index in [4.69, 9.17) is 4.42 Å². The van der Waals surface area contributed by atoms with Gasteiger partial charge >= 0.3 is 0 Å². The second-order valence-corrected chi connectivity index (χ2v) is 8.26. The van der Waals surface area contributed by atoms with Gasteiger partial charge in [0.25, 0.3) is 0 Å². The van der Waals surface area contributed by atoms with Gasteiger partial charge in [-0.25, -0.2) is 4.98 Å². The molecule has 0 amide bonds. The number of nitrogens with one attached hydrogen (secondary N) is 1. The van der Waals surface area contributed by atoms with E-state index < -0.39 is 0 Å². The van der Waals surface area contributed by atoms with Crippen LogP contribution in [0.5, 0.6) is 0 Å². The fourth-order valence-electron chi connectivity index (χ4n) is 3.47. The summed E-state index contributed by atoms with van der Waals surface area (Å²) in [4.78, 5) is 15.1. The second kappa shape index (κ2) is 9.24. The van der Waals surface area contributed by atoms with E-state index in [9.17, 15) is 0 Å². The molecule has 4 rings (SSSR count). The van der Waals surface area contributed by atoms with E-state index in [-0.39, 0.29) is 0 Å². The molecule has 1 N–H and O–H groups in total. The number of aliphatic imine (C=N–C) groups is 1. The first-order valence-electron chi connectivity index (χ1n) is 9.93. The summed E-state index contributed by atoms with van der Waals surface area (Å²) in [5.74, 6) is 2.35. The Morgan fingerprint density at radius 3 is 2.66 bits per heavy atom. The lowest BCUT2D eigenvalue weighted by atomic mass is 10.1. The Labute approximate surface area is 175 Å². The van der Waals surface area contributed by atoms with Crippen molar-refractivity contribution in [2.75, 3.05) is 33.2 Å². The number of thiophene rings is 1. The first-order valence-corrected chi connectivity index (χ1v) is 10.8. The Morgan fingerprint density at radius 1 is 1.17 bits per heavy atom. The van der Waals surface area contributed by atoms with Crippen LogP contribution in [0.2, 0.25) is 0 Å². The van der Waals surface area contributed by atoms with Gasteiger partial charge in [0.1, 0.15) is 0 Å². The maximum absolute atomic E-state index is 5.91. The van der Waals surface area contributed by atoms with Crippen LogP contribution in [0.4, 0.5) is 0 Å². The van der Waals surface area contributed by atoms with Gasteiger partial charge in [-0.1, -0.05) is 35.9 Å². The Morgan fingerprint density at radius 2 is 1.97 bits per heavy atom. The smallest absolute Gasteiger partial charge is 0.214 e. The van der Waals surface area contributed by atoms with E-state index in [1.54, 1.807) is 6.20 Å². The van der Waals surface area contributed by atoms with E-state index in [1.165, 1.54) is 10.4 Å². The summed E-state index contributed by atoms with van der Waals surface area (Å²) in [6, 6.07) is 12.6. The van der Waals surface area contributed by atoms with Crippen LogP contribution in [-0.4, -0.2) is 54.0 Å². The van der Waals surface area contributed by atoms with Crippen LogP contribution in [0.1, 0.15) is 16.3 Å². The summed E-state index contributed by atoms with van der Waals surface area (Å²) in [5.41, 5.74) is 2.27. The molecule has 2 aromatic heterocycles. The van der Waals surface area contributed by atoms with Crippen LogP contribution in [0.15, 0.2) is 57.4 Å². The molecule has 1 fully saturated rings. The number of piperazine rings is 1. The molecular formula is C22H27N5OS. The Kier molecular flexibility index (Phi) is 6.27. The number of aryl methyl sites for hydroxylation is 1. The van der Waals surface area contributed by atoms with Crippen molar-refractivity contribution in [1.82, 2.24) is 20.1 Å². The summed E-state index contributed by atoms with van der Waals surface area (Å²) in [6.45, 7) is 7.64. The molecule has 1 aromatic carbocycles. The van der Waals surface area contributed by atoms with Crippen molar-refractivity contribution in [1.29, 1.82) is 0 Å². The molecule has 0 bridgehead atoms. The van der Waals surface area contributed by atoms with Gasteiger partial charge in [0.2, 0.25) is 5.89 Å². The number of guanidine groups is 1. The molecule has 152 valence electrons. The van der Waals surface area contributed by atoms with E-state index in [2.05, 4.69) is 73.8 Å². The number of benzene rings is 1. The monoisotopic (exact) mass is 409 g/mol. The van der Waals surface area contributed by atoms with Crippen molar-refractivity contribution < 1.29 is 4.42 Å². The van der Waals surface area contributed by atoms with Crippen molar-refractivity contribution >= 4 is 17.3 Å². The third kappa shape index (κ3) is 5.05. The first kappa shape index (κ1) is 19.7. The normalized spacial score (nSPS) is 15.7. The van der Waals surface area contributed by atoms with Crippen LogP contribution >= 0.6 is 11.3 Å². The minimum Gasteiger partial charge on any atom is -0.439 e.